The van der Waals surface area contributed by atoms with Gasteiger partial charge in [-0.1, -0.05) is 47.2 Å². The van der Waals surface area contributed by atoms with Gasteiger partial charge in [0.15, 0.2) is 5.13 Å². The van der Waals surface area contributed by atoms with E-state index in [4.69, 9.17) is 4.74 Å². The van der Waals surface area contributed by atoms with Gasteiger partial charge in [0.05, 0.1) is 22.9 Å². The average Bonchev–Trinajstić information content (AvgIpc) is 3.52. The third-order valence-electron chi connectivity index (χ3n) is 5.68. The number of hydrogen-bond acceptors (Lipinski definition) is 7. The van der Waals surface area contributed by atoms with Crippen molar-refractivity contribution in [2.75, 3.05) is 12.0 Å². The number of rotatable bonds is 4. The second-order valence-electron chi connectivity index (χ2n) is 7.84. The topological polar surface area (TPSA) is 79.7 Å². The molecule has 0 spiro atoms. The molecular formula is C25H20N2O4S2. The summed E-state index contributed by atoms with van der Waals surface area (Å²) in [5.41, 5.74) is 3.24. The number of amides is 1. The van der Waals surface area contributed by atoms with Crippen LogP contribution in [-0.2, 0) is 9.59 Å². The molecule has 3 heterocycles. The first-order valence-corrected chi connectivity index (χ1v) is 11.9. The zero-order valence-electron chi connectivity index (χ0n) is 18.2. The first kappa shape index (κ1) is 21.4. The minimum atomic E-state index is -0.755. The van der Waals surface area contributed by atoms with Crippen LogP contribution in [0, 0.1) is 13.8 Å². The van der Waals surface area contributed by atoms with Gasteiger partial charge >= 0.3 is 5.91 Å². The Morgan fingerprint density at radius 1 is 1.12 bits per heavy atom. The number of methoxy groups -OCH3 is 1. The number of aliphatic hydroxyl groups excluding tert-OH is 1. The lowest BCUT2D eigenvalue weighted by Gasteiger charge is -2.21. The predicted octanol–water partition coefficient (Wildman–Crippen LogP) is 5.61. The van der Waals surface area contributed by atoms with E-state index in [2.05, 4.69) is 4.98 Å². The standard InChI is InChI=1S/C25H20N2O4S2/c1-13-6-8-15(9-7-13)22(28)20-21(18-5-4-10-32-18)27(24(30)23(20)29)25-26-16-11-14(2)17(31-3)12-19(16)33-25/h4-12,21,28H,1-3H3/b22-20+. The predicted molar refractivity (Wildman–Crippen MR) is 131 cm³/mol. The van der Waals surface area contributed by atoms with Crippen LogP contribution in [0.5, 0.6) is 5.75 Å². The number of Topliss-reactive ketones (excluding diaryl/α,β-unsaturated/α-hetero) is 1. The van der Waals surface area contributed by atoms with Gasteiger partial charge in [0.1, 0.15) is 17.6 Å². The molecule has 0 radical (unpaired) electrons. The van der Waals surface area contributed by atoms with Gasteiger partial charge in [-0.3, -0.25) is 14.5 Å². The Morgan fingerprint density at radius 2 is 1.88 bits per heavy atom. The summed E-state index contributed by atoms with van der Waals surface area (Å²) in [5, 5.41) is 13.4. The molecule has 0 bridgehead atoms. The van der Waals surface area contributed by atoms with Crippen LogP contribution >= 0.6 is 22.7 Å². The van der Waals surface area contributed by atoms with E-state index in [9.17, 15) is 14.7 Å². The maximum atomic E-state index is 13.3. The molecular weight excluding hydrogens is 456 g/mol. The Bertz CT molecular complexity index is 1420. The summed E-state index contributed by atoms with van der Waals surface area (Å²) in [4.78, 5) is 33.3. The fraction of sp³-hybridized carbons (Fsp3) is 0.160. The maximum Gasteiger partial charge on any atom is 0.301 e. The number of ketones is 1. The van der Waals surface area contributed by atoms with Gasteiger partial charge in [-0.2, -0.15) is 0 Å². The van der Waals surface area contributed by atoms with Crippen molar-refractivity contribution in [3.05, 3.63) is 81.1 Å². The molecule has 33 heavy (non-hydrogen) atoms. The third-order valence-corrected chi connectivity index (χ3v) is 7.62. The van der Waals surface area contributed by atoms with E-state index >= 15 is 0 Å². The first-order chi connectivity index (χ1) is 15.9. The number of carbonyl (C=O) groups is 2. The number of ether oxygens (including phenoxy) is 1. The van der Waals surface area contributed by atoms with Gasteiger partial charge in [-0.15, -0.1) is 11.3 Å². The Labute approximate surface area is 198 Å². The summed E-state index contributed by atoms with van der Waals surface area (Å²) in [6, 6.07) is 14.0. The lowest BCUT2D eigenvalue weighted by Crippen LogP contribution is -2.28. The van der Waals surface area contributed by atoms with Crippen molar-refractivity contribution in [3.63, 3.8) is 0 Å². The van der Waals surface area contributed by atoms with Crippen LogP contribution in [0.1, 0.15) is 27.6 Å². The van der Waals surface area contributed by atoms with Gasteiger partial charge in [-0.25, -0.2) is 4.98 Å². The van der Waals surface area contributed by atoms with E-state index in [1.807, 2.05) is 55.6 Å². The molecule has 1 saturated heterocycles. The molecule has 1 aliphatic heterocycles. The Hall–Kier alpha value is -3.49. The van der Waals surface area contributed by atoms with Crippen molar-refractivity contribution in [1.82, 2.24) is 4.98 Å². The molecule has 166 valence electrons. The number of fused-ring (bicyclic) bond motifs is 1. The summed E-state index contributed by atoms with van der Waals surface area (Å²) in [6.07, 6.45) is 0. The van der Waals surface area contributed by atoms with E-state index in [0.717, 1.165) is 32.0 Å². The Kier molecular flexibility index (Phi) is 5.26. The Balaban J connectivity index is 1.70. The number of thiazole rings is 1. The summed E-state index contributed by atoms with van der Waals surface area (Å²) in [7, 11) is 1.61. The summed E-state index contributed by atoms with van der Waals surface area (Å²) < 4.78 is 6.26. The van der Waals surface area contributed by atoms with Crippen LogP contribution in [-0.4, -0.2) is 28.9 Å². The van der Waals surface area contributed by atoms with Crippen LogP contribution in [0.3, 0.4) is 0 Å². The number of aliphatic hydroxyl groups is 1. The zero-order valence-corrected chi connectivity index (χ0v) is 19.8. The second-order valence-corrected chi connectivity index (χ2v) is 9.82. The number of aromatic nitrogens is 1. The third kappa shape index (κ3) is 3.51. The van der Waals surface area contributed by atoms with E-state index < -0.39 is 17.7 Å². The average molecular weight is 477 g/mol. The van der Waals surface area contributed by atoms with Crippen molar-refractivity contribution in [1.29, 1.82) is 0 Å². The molecule has 1 amide bonds. The molecule has 1 atom stereocenters. The highest BCUT2D eigenvalue weighted by atomic mass is 32.1. The first-order valence-electron chi connectivity index (χ1n) is 10.3. The number of anilines is 1. The lowest BCUT2D eigenvalue weighted by molar-refractivity contribution is -0.132. The molecule has 2 aromatic heterocycles. The van der Waals surface area contributed by atoms with Crippen LogP contribution in [0.4, 0.5) is 5.13 Å². The SMILES string of the molecule is COc1cc2sc(N3C(=O)C(=O)/C(=C(/O)c4ccc(C)cc4)C3c3cccs3)nc2cc1C. The fourth-order valence-corrected chi connectivity index (χ4v) is 5.81. The van der Waals surface area contributed by atoms with Crippen molar-refractivity contribution < 1.29 is 19.4 Å². The molecule has 5 rings (SSSR count). The van der Waals surface area contributed by atoms with Crippen molar-refractivity contribution in [3.8, 4) is 5.75 Å². The highest BCUT2D eigenvalue weighted by Gasteiger charge is 2.48. The minimum Gasteiger partial charge on any atom is -0.507 e. The number of carbonyl (C=O) groups excluding carboxylic acids is 2. The molecule has 2 aromatic carbocycles. The van der Waals surface area contributed by atoms with Crippen LogP contribution in [0.25, 0.3) is 16.0 Å². The largest absolute Gasteiger partial charge is 0.507 e. The van der Waals surface area contributed by atoms with Gasteiger partial charge in [0.2, 0.25) is 0 Å². The number of hydrogen-bond donors (Lipinski definition) is 1. The second kappa shape index (κ2) is 8.13. The van der Waals surface area contributed by atoms with Gasteiger partial charge < -0.3 is 9.84 Å². The lowest BCUT2D eigenvalue weighted by atomic mass is 9.99. The molecule has 4 aromatic rings. The Morgan fingerprint density at radius 3 is 2.55 bits per heavy atom. The highest BCUT2D eigenvalue weighted by molar-refractivity contribution is 7.22. The summed E-state index contributed by atoms with van der Waals surface area (Å²) in [6.45, 7) is 3.87. The summed E-state index contributed by atoms with van der Waals surface area (Å²) >= 11 is 2.74. The molecule has 6 nitrogen and oxygen atoms in total. The van der Waals surface area contributed by atoms with Gasteiger partial charge in [0, 0.05) is 10.4 Å². The molecule has 0 saturated carbocycles. The van der Waals surface area contributed by atoms with Gasteiger partial charge in [-0.05, 0) is 43.0 Å². The number of thiophene rings is 1. The van der Waals surface area contributed by atoms with E-state index in [1.165, 1.54) is 27.6 Å². The van der Waals surface area contributed by atoms with E-state index in [1.54, 1.807) is 19.2 Å². The van der Waals surface area contributed by atoms with Crippen LogP contribution in [0.2, 0.25) is 0 Å². The quantitative estimate of drug-likeness (QED) is 0.235. The van der Waals surface area contributed by atoms with Crippen molar-refractivity contribution in [2.45, 2.75) is 19.9 Å². The van der Waals surface area contributed by atoms with E-state index in [-0.39, 0.29) is 11.3 Å². The fourth-order valence-electron chi connectivity index (χ4n) is 3.98. The molecule has 1 fully saturated rings. The van der Waals surface area contributed by atoms with Crippen LogP contribution < -0.4 is 9.64 Å². The summed E-state index contributed by atoms with van der Waals surface area (Å²) in [5.74, 6) is -0.883. The number of benzene rings is 2. The van der Waals surface area contributed by atoms with Crippen LogP contribution in [0.15, 0.2) is 59.5 Å². The minimum absolute atomic E-state index is 0.0688. The smallest absolute Gasteiger partial charge is 0.301 e. The highest BCUT2D eigenvalue weighted by Crippen LogP contribution is 2.45. The molecule has 1 unspecified atom stereocenters. The van der Waals surface area contributed by atoms with E-state index in [0.29, 0.717) is 10.7 Å². The number of aryl methyl sites for hydroxylation is 2. The van der Waals surface area contributed by atoms with Crippen molar-refractivity contribution in [2.24, 2.45) is 0 Å². The molecule has 1 N–H and O–H groups in total. The number of nitrogens with zero attached hydrogens (tertiary/aromatic N) is 2. The monoisotopic (exact) mass is 476 g/mol. The molecule has 1 aliphatic rings. The zero-order chi connectivity index (χ0) is 23.3. The maximum absolute atomic E-state index is 13.3. The molecule has 8 heteroatoms. The van der Waals surface area contributed by atoms with Crippen molar-refractivity contribution >= 4 is 55.5 Å². The van der Waals surface area contributed by atoms with Gasteiger partial charge in [0.25, 0.3) is 5.78 Å². The normalized spacial score (nSPS) is 17.8. The molecule has 0 aliphatic carbocycles.